The highest BCUT2D eigenvalue weighted by atomic mass is 35.5. The van der Waals surface area contributed by atoms with E-state index >= 15 is 0 Å². The summed E-state index contributed by atoms with van der Waals surface area (Å²) >= 11 is 6.02. The van der Waals surface area contributed by atoms with E-state index in [0.29, 0.717) is 17.3 Å². The molecule has 0 amide bonds. The van der Waals surface area contributed by atoms with Crippen molar-refractivity contribution < 1.29 is 9.13 Å². The number of nitrogens with one attached hydrogen (secondary N) is 1. The molecule has 0 bridgehead atoms. The van der Waals surface area contributed by atoms with Gasteiger partial charge < -0.3 is 10.1 Å². The predicted molar refractivity (Wildman–Crippen MR) is 69.5 cm³/mol. The number of pyridine rings is 1. The molecule has 94 valence electrons. The van der Waals surface area contributed by atoms with Crippen LogP contribution in [-0.2, 0) is 6.54 Å². The molecule has 0 atom stereocenters. The lowest BCUT2D eigenvalue weighted by Crippen LogP contribution is -2.00. The van der Waals surface area contributed by atoms with E-state index in [1.807, 2.05) is 18.2 Å². The molecule has 3 nitrogen and oxygen atoms in total. The largest absolute Gasteiger partial charge is 0.495 e. The molecule has 1 N–H and O–H groups in total. The zero-order valence-electron chi connectivity index (χ0n) is 9.78. The minimum atomic E-state index is -0.493. The third-order valence-corrected chi connectivity index (χ3v) is 2.74. The quantitative estimate of drug-likeness (QED) is 0.860. The molecule has 0 aliphatic carbocycles. The summed E-state index contributed by atoms with van der Waals surface area (Å²) in [7, 11) is 1.57. The predicted octanol–water partition coefficient (Wildman–Crippen LogP) is 3.49. The molecule has 1 heterocycles. The van der Waals surface area contributed by atoms with Gasteiger partial charge in [-0.05, 0) is 29.8 Å². The van der Waals surface area contributed by atoms with Crippen LogP contribution in [0.2, 0.25) is 5.02 Å². The molecule has 0 spiro atoms. The minimum absolute atomic E-state index is 0.493. The molecular weight excluding hydrogens is 255 g/mol. The Morgan fingerprint density at radius 2 is 2.17 bits per heavy atom. The molecule has 2 aromatic rings. The van der Waals surface area contributed by atoms with Gasteiger partial charge in [0, 0.05) is 6.54 Å². The van der Waals surface area contributed by atoms with E-state index in [-0.39, 0.29) is 0 Å². The Morgan fingerprint density at radius 3 is 2.78 bits per heavy atom. The summed E-state index contributed by atoms with van der Waals surface area (Å²) in [6.45, 7) is 0.580. The van der Waals surface area contributed by atoms with Crippen molar-refractivity contribution in [2.24, 2.45) is 0 Å². The van der Waals surface area contributed by atoms with Gasteiger partial charge in [0.25, 0.3) is 0 Å². The highest BCUT2D eigenvalue weighted by Crippen LogP contribution is 2.25. The lowest BCUT2D eigenvalue weighted by Gasteiger charge is -2.08. The van der Waals surface area contributed by atoms with Crippen molar-refractivity contribution in [3.63, 3.8) is 0 Å². The van der Waals surface area contributed by atoms with E-state index in [1.165, 1.54) is 12.3 Å². The average molecular weight is 267 g/mol. The van der Waals surface area contributed by atoms with Gasteiger partial charge in [-0.1, -0.05) is 17.7 Å². The summed E-state index contributed by atoms with van der Waals surface area (Å²) in [6, 6.07) is 8.48. The Labute approximate surface area is 110 Å². The van der Waals surface area contributed by atoms with E-state index in [4.69, 9.17) is 16.3 Å². The number of rotatable bonds is 4. The Morgan fingerprint density at radius 1 is 1.33 bits per heavy atom. The summed E-state index contributed by atoms with van der Waals surface area (Å²) in [6.07, 6.45) is 1.44. The van der Waals surface area contributed by atoms with Crippen LogP contribution in [0.5, 0.6) is 5.75 Å². The van der Waals surface area contributed by atoms with Gasteiger partial charge in [-0.25, -0.2) is 4.98 Å². The van der Waals surface area contributed by atoms with Crippen LogP contribution in [0, 0.1) is 5.95 Å². The van der Waals surface area contributed by atoms with Crippen LogP contribution < -0.4 is 10.1 Å². The Hall–Kier alpha value is -1.81. The molecule has 0 aliphatic rings. The second-order valence-corrected chi connectivity index (χ2v) is 4.10. The van der Waals surface area contributed by atoms with Crippen molar-refractivity contribution in [1.82, 2.24) is 4.98 Å². The van der Waals surface area contributed by atoms with Crippen molar-refractivity contribution in [1.29, 1.82) is 0 Å². The number of aromatic nitrogens is 1. The number of methoxy groups -OCH3 is 1. The first-order chi connectivity index (χ1) is 8.69. The number of halogens is 2. The number of hydrogen-bond acceptors (Lipinski definition) is 3. The molecule has 0 saturated heterocycles. The van der Waals surface area contributed by atoms with Gasteiger partial charge in [-0.3, -0.25) is 0 Å². The fourth-order valence-electron chi connectivity index (χ4n) is 1.50. The second-order valence-electron chi connectivity index (χ2n) is 3.69. The van der Waals surface area contributed by atoms with Crippen molar-refractivity contribution >= 4 is 17.3 Å². The Bertz CT molecular complexity index is 531. The van der Waals surface area contributed by atoms with Crippen molar-refractivity contribution in [2.45, 2.75) is 6.54 Å². The molecule has 0 aliphatic heterocycles. The van der Waals surface area contributed by atoms with Gasteiger partial charge in [-0.15, -0.1) is 0 Å². The van der Waals surface area contributed by atoms with Crippen LogP contribution in [0.1, 0.15) is 5.56 Å². The number of ether oxygens (including phenoxy) is 1. The molecule has 18 heavy (non-hydrogen) atoms. The third kappa shape index (κ3) is 3.11. The first kappa shape index (κ1) is 12.6. The molecule has 0 fully saturated rings. The van der Waals surface area contributed by atoms with Crippen LogP contribution in [0.15, 0.2) is 36.5 Å². The standard InChI is InChI=1S/C13H12ClFN2O/c1-18-12-4-2-9(6-11(12)14)7-16-10-3-5-13(15)17-8-10/h2-6,8,16H,7H2,1H3. The Balaban J connectivity index is 2.02. The monoisotopic (exact) mass is 266 g/mol. The van der Waals surface area contributed by atoms with Crippen LogP contribution >= 0.6 is 11.6 Å². The first-order valence-electron chi connectivity index (χ1n) is 5.37. The van der Waals surface area contributed by atoms with E-state index in [1.54, 1.807) is 13.2 Å². The van der Waals surface area contributed by atoms with Gasteiger partial charge in [0.05, 0.1) is 24.0 Å². The van der Waals surface area contributed by atoms with Crippen molar-refractivity contribution in [2.75, 3.05) is 12.4 Å². The van der Waals surface area contributed by atoms with Crippen molar-refractivity contribution in [3.05, 3.63) is 53.1 Å². The van der Waals surface area contributed by atoms with Gasteiger partial charge in [-0.2, -0.15) is 4.39 Å². The molecule has 0 unspecified atom stereocenters. The summed E-state index contributed by atoms with van der Waals surface area (Å²) in [5.74, 6) is 0.150. The molecular formula is C13H12ClFN2O. The Kier molecular flexibility index (Phi) is 3.99. The lowest BCUT2D eigenvalue weighted by molar-refractivity contribution is 0.415. The first-order valence-corrected chi connectivity index (χ1v) is 5.74. The molecule has 1 aromatic carbocycles. The number of benzene rings is 1. The summed E-state index contributed by atoms with van der Waals surface area (Å²) in [5, 5.41) is 3.69. The average Bonchev–Trinajstić information content (AvgIpc) is 2.38. The third-order valence-electron chi connectivity index (χ3n) is 2.44. The fourth-order valence-corrected chi connectivity index (χ4v) is 1.78. The molecule has 1 aromatic heterocycles. The normalized spacial score (nSPS) is 10.2. The van der Waals surface area contributed by atoms with Crippen LogP contribution in [0.4, 0.5) is 10.1 Å². The summed E-state index contributed by atoms with van der Waals surface area (Å²) in [5.41, 5.74) is 1.76. The van der Waals surface area contributed by atoms with E-state index in [0.717, 1.165) is 11.3 Å². The molecule has 0 saturated carbocycles. The van der Waals surface area contributed by atoms with E-state index in [2.05, 4.69) is 10.3 Å². The highest BCUT2D eigenvalue weighted by molar-refractivity contribution is 6.32. The topological polar surface area (TPSA) is 34.1 Å². The lowest BCUT2D eigenvalue weighted by atomic mass is 10.2. The van der Waals surface area contributed by atoms with Gasteiger partial charge in [0.15, 0.2) is 0 Å². The zero-order valence-corrected chi connectivity index (χ0v) is 10.5. The maximum absolute atomic E-state index is 12.6. The minimum Gasteiger partial charge on any atom is -0.495 e. The van der Waals surface area contributed by atoms with Crippen molar-refractivity contribution in [3.8, 4) is 5.75 Å². The maximum Gasteiger partial charge on any atom is 0.212 e. The molecule has 2 rings (SSSR count). The molecule has 5 heteroatoms. The van der Waals surface area contributed by atoms with Gasteiger partial charge in [0.1, 0.15) is 5.75 Å². The fraction of sp³-hybridized carbons (Fsp3) is 0.154. The van der Waals surface area contributed by atoms with E-state index < -0.39 is 5.95 Å². The smallest absolute Gasteiger partial charge is 0.212 e. The zero-order chi connectivity index (χ0) is 13.0. The summed E-state index contributed by atoms with van der Waals surface area (Å²) in [4.78, 5) is 3.56. The van der Waals surface area contributed by atoms with E-state index in [9.17, 15) is 4.39 Å². The maximum atomic E-state index is 12.6. The number of nitrogens with zero attached hydrogens (tertiary/aromatic N) is 1. The molecule has 0 radical (unpaired) electrons. The van der Waals surface area contributed by atoms with Gasteiger partial charge in [0.2, 0.25) is 5.95 Å². The second kappa shape index (κ2) is 5.69. The number of hydrogen-bond donors (Lipinski definition) is 1. The SMILES string of the molecule is COc1ccc(CNc2ccc(F)nc2)cc1Cl. The van der Waals surface area contributed by atoms with Crippen LogP contribution in [0.3, 0.4) is 0 Å². The van der Waals surface area contributed by atoms with Gasteiger partial charge >= 0.3 is 0 Å². The summed E-state index contributed by atoms with van der Waals surface area (Å²) < 4.78 is 17.7. The van der Waals surface area contributed by atoms with Crippen LogP contribution in [-0.4, -0.2) is 12.1 Å². The number of anilines is 1. The highest BCUT2D eigenvalue weighted by Gasteiger charge is 2.02. The van der Waals surface area contributed by atoms with Crippen LogP contribution in [0.25, 0.3) is 0 Å².